The Morgan fingerprint density at radius 1 is 1.10 bits per heavy atom. The molecule has 0 aromatic carbocycles. The lowest BCUT2D eigenvalue weighted by Crippen LogP contribution is -2.61. The van der Waals surface area contributed by atoms with Crippen molar-refractivity contribution in [3.05, 3.63) is 0 Å². The van der Waals surface area contributed by atoms with Crippen LogP contribution in [0.15, 0.2) is 0 Å². The number of rotatable bonds is 5. The van der Waals surface area contributed by atoms with Gasteiger partial charge in [-0.25, -0.2) is 0 Å². The van der Waals surface area contributed by atoms with Crippen LogP contribution in [0.2, 0.25) is 0 Å². The van der Waals surface area contributed by atoms with E-state index in [0.717, 1.165) is 18.5 Å². The Labute approximate surface area is 125 Å². The molecule has 2 fully saturated rings. The summed E-state index contributed by atoms with van der Waals surface area (Å²) in [5.41, 5.74) is 6.50. The van der Waals surface area contributed by atoms with Gasteiger partial charge in [-0.05, 0) is 71.1 Å². The molecule has 2 aliphatic rings. The van der Waals surface area contributed by atoms with Crippen molar-refractivity contribution in [2.75, 3.05) is 33.2 Å². The Hall–Kier alpha value is -0.120. The summed E-state index contributed by atoms with van der Waals surface area (Å²) < 4.78 is 0. The maximum atomic E-state index is 6.23. The third kappa shape index (κ3) is 3.37. The van der Waals surface area contributed by atoms with E-state index in [1.807, 2.05) is 0 Å². The first-order chi connectivity index (χ1) is 9.65. The molecule has 0 spiro atoms. The lowest BCUT2D eigenvalue weighted by atomic mass is 9.79. The third-order valence-electron chi connectivity index (χ3n) is 6.30. The predicted molar refractivity (Wildman–Crippen MR) is 86.9 cm³/mol. The van der Waals surface area contributed by atoms with Gasteiger partial charge in [-0.3, -0.25) is 4.90 Å². The summed E-state index contributed by atoms with van der Waals surface area (Å²) in [5.74, 6) is 0.982. The van der Waals surface area contributed by atoms with Gasteiger partial charge in [0.05, 0.1) is 0 Å². The minimum atomic E-state index is 0.273. The van der Waals surface area contributed by atoms with Crippen LogP contribution in [0.5, 0.6) is 0 Å². The van der Waals surface area contributed by atoms with Gasteiger partial charge in [0.2, 0.25) is 0 Å². The summed E-state index contributed by atoms with van der Waals surface area (Å²) in [6.45, 7) is 9.08. The Morgan fingerprint density at radius 3 is 2.15 bits per heavy atom. The number of hydrogen-bond acceptors (Lipinski definition) is 3. The lowest BCUT2D eigenvalue weighted by molar-refractivity contribution is 0.00201. The number of nitrogens with two attached hydrogens (primary N) is 1. The maximum absolute atomic E-state index is 6.23. The van der Waals surface area contributed by atoms with E-state index in [2.05, 4.69) is 30.7 Å². The van der Waals surface area contributed by atoms with Crippen molar-refractivity contribution in [3.8, 4) is 0 Å². The molecule has 3 heteroatoms. The molecule has 2 rings (SSSR count). The maximum Gasteiger partial charge on any atom is 0.0355 e. The molecule has 0 bridgehead atoms. The normalized spacial score (nSPS) is 31.6. The molecular formula is C17H35N3. The van der Waals surface area contributed by atoms with Gasteiger partial charge in [0.25, 0.3) is 0 Å². The molecule has 20 heavy (non-hydrogen) atoms. The summed E-state index contributed by atoms with van der Waals surface area (Å²) in [7, 11) is 2.35. The number of likely N-dealkylation sites (N-methyl/N-ethyl adjacent to an activating group) is 1. The molecule has 1 aliphatic carbocycles. The molecule has 0 aromatic heterocycles. The Kier molecular flexibility index (Phi) is 5.88. The smallest absolute Gasteiger partial charge is 0.0355 e. The fraction of sp³-hybridized carbons (Fsp3) is 1.00. The van der Waals surface area contributed by atoms with E-state index in [0.29, 0.717) is 0 Å². The van der Waals surface area contributed by atoms with Crippen molar-refractivity contribution in [3.63, 3.8) is 0 Å². The van der Waals surface area contributed by atoms with Gasteiger partial charge >= 0.3 is 0 Å². The summed E-state index contributed by atoms with van der Waals surface area (Å²) in [6.07, 6.45) is 9.48. The Balaban J connectivity index is 1.94. The molecule has 0 amide bonds. The zero-order valence-corrected chi connectivity index (χ0v) is 13.9. The van der Waals surface area contributed by atoms with Crippen molar-refractivity contribution in [2.24, 2.45) is 11.7 Å². The second kappa shape index (κ2) is 7.24. The van der Waals surface area contributed by atoms with E-state index in [-0.39, 0.29) is 5.54 Å². The highest BCUT2D eigenvalue weighted by Gasteiger charge is 2.40. The van der Waals surface area contributed by atoms with E-state index in [1.54, 1.807) is 0 Å². The van der Waals surface area contributed by atoms with Crippen LogP contribution in [0.25, 0.3) is 0 Å². The molecular weight excluding hydrogens is 246 g/mol. The van der Waals surface area contributed by atoms with Gasteiger partial charge in [-0.15, -0.1) is 0 Å². The van der Waals surface area contributed by atoms with E-state index in [9.17, 15) is 0 Å². The highest BCUT2D eigenvalue weighted by Crippen LogP contribution is 2.35. The largest absolute Gasteiger partial charge is 0.329 e. The Bertz CT molecular complexity index is 276. The molecule has 0 unspecified atom stereocenters. The fourth-order valence-corrected chi connectivity index (χ4v) is 4.31. The second-order valence-corrected chi connectivity index (χ2v) is 7.06. The number of nitrogens with zero attached hydrogens (tertiary/aromatic N) is 2. The van der Waals surface area contributed by atoms with Crippen molar-refractivity contribution in [2.45, 2.75) is 70.4 Å². The van der Waals surface area contributed by atoms with Gasteiger partial charge in [-0.2, -0.15) is 0 Å². The molecule has 0 radical (unpaired) electrons. The first-order valence-corrected chi connectivity index (χ1v) is 8.80. The van der Waals surface area contributed by atoms with Crippen molar-refractivity contribution >= 4 is 0 Å². The van der Waals surface area contributed by atoms with E-state index >= 15 is 0 Å². The Morgan fingerprint density at radius 2 is 1.70 bits per heavy atom. The average molecular weight is 281 g/mol. The predicted octanol–water partition coefficient (Wildman–Crippen LogP) is 2.70. The van der Waals surface area contributed by atoms with Crippen LogP contribution in [-0.4, -0.2) is 54.6 Å². The second-order valence-electron chi connectivity index (χ2n) is 7.06. The van der Waals surface area contributed by atoms with E-state index in [4.69, 9.17) is 5.73 Å². The molecule has 1 saturated heterocycles. The van der Waals surface area contributed by atoms with Crippen LogP contribution < -0.4 is 5.73 Å². The van der Waals surface area contributed by atoms with E-state index < -0.39 is 0 Å². The molecule has 0 aromatic rings. The van der Waals surface area contributed by atoms with Gasteiger partial charge in [0.15, 0.2) is 0 Å². The zero-order chi connectivity index (χ0) is 14.6. The van der Waals surface area contributed by atoms with Crippen LogP contribution >= 0.6 is 0 Å². The molecule has 1 saturated carbocycles. The standard InChI is InChI=1S/C17H35N3/c1-4-15-6-8-16(9-7-15)19(3)17(14-18)10-12-20(5-2)13-11-17/h15-16H,4-14,18H2,1-3H3. The van der Waals surface area contributed by atoms with E-state index in [1.165, 1.54) is 64.6 Å². The van der Waals surface area contributed by atoms with Gasteiger partial charge < -0.3 is 10.6 Å². The number of hydrogen-bond donors (Lipinski definition) is 1. The third-order valence-corrected chi connectivity index (χ3v) is 6.30. The summed E-state index contributed by atoms with van der Waals surface area (Å²) >= 11 is 0. The molecule has 2 N–H and O–H groups in total. The van der Waals surface area contributed by atoms with Crippen LogP contribution in [0, 0.1) is 5.92 Å². The topological polar surface area (TPSA) is 32.5 Å². The molecule has 1 heterocycles. The lowest BCUT2D eigenvalue weighted by Gasteiger charge is -2.51. The highest BCUT2D eigenvalue weighted by atomic mass is 15.2. The quantitative estimate of drug-likeness (QED) is 0.841. The molecule has 3 nitrogen and oxygen atoms in total. The number of likely N-dealkylation sites (tertiary alicyclic amines) is 1. The SMILES string of the molecule is CCC1CCC(N(C)C2(CN)CCN(CC)CC2)CC1. The average Bonchev–Trinajstić information content (AvgIpc) is 2.54. The van der Waals surface area contributed by atoms with Gasteiger partial charge in [-0.1, -0.05) is 20.3 Å². The first-order valence-electron chi connectivity index (χ1n) is 8.80. The fourth-order valence-electron chi connectivity index (χ4n) is 4.31. The van der Waals surface area contributed by atoms with Crippen molar-refractivity contribution < 1.29 is 0 Å². The first kappa shape index (κ1) is 16.3. The van der Waals surface area contributed by atoms with Crippen molar-refractivity contribution in [1.29, 1.82) is 0 Å². The minimum absolute atomic E-state index is 0.273. The number of piperidine rings is 1. The monoisotopic (exact) mass is 281 g/mol. The van der Waals surface area contributed by atoms with Crippen LogP contribution in [-0.2, 0) is 0 Å². The summed E-state index contributed by atoms with van der Waals surface area (Å²) in [5, 5.41) is 0. The molecule has 118 valence electrons. The summed E-state index contributed by atoms with van der Waals surface area (Å²) in [6, 6.07) is 0.773. The van der Waals surface area contributed by atoms with Gasteiger partial charge in [0.1, 0.15) is 0 Å². The van der Waals surface area contributed by atoms with Crippen LogP contribution in [0.4, 0.5) is 0 Å². The minimum Gasteiger partial charge on any atom is -0.329 e. The van der Waals surface area contributed by atoms with Crippen LogP contribution in [0.1, 0.15) is 58.8 Å². The molecule has 0 atom stereocenters. The summed E-state index contributed by atoms with van der Waals surface area (Å²) in [4.78, 5) is 5.25. The molecule has 1 aliphatic heterocycles. The highest BCUT2D eigenvalue weighted by molar-refractivity contribution is 4.98. The van der Waals surface area contributed by atoms with Gasteiger partial charge in [0, 0.05) is 18.1 Å². The zero-order valence-electron chi connectivity index (χ0n) is 13.9. The van der Waals surface area contributed by atoms with Crippen LogP contribution in [0.3, 0.4) is 0 Å². The van der Waals surface area contributed by atoms with Crippen molar-refractivity contribution in [1.82, 2.24) is 9.80 Å².